The summed E-state index contributed by atoms with van der Waals surface area (Å²) in [6.45, 7) is 0. The maximum absolute atomic E-state index is 11.9. The maximum atomic E-state index is 11.9. The summed E-state index contributed by atoms with van der Waals surface area (Å²) in [6.07, 6.45) is 1.28. The van der Waals surface area contributed by atoms with Gasteiger partial charge in [0, 0.05) is 10.6 Å². The molecule has 5 nitrogen and oxygen atoms in total. The van der Waals surface area contributed by atoms with Gasteiger partial charge in [-0.25, -0.2) is 4.79 Å². The second-order valence-electron chi connectivity index (χ2n) is 4.44. The molecule has 2 aromatic carbocycles. The van der Waals surface area contributed by atoms with Gasteiger partial charge in [0.25, 0.3) is 0 Å². The Kier molecular flexibility index (Phi) is 6.31. The SMILES string of the molecule is COc1ccc(/C=N/OC(=O)c2ccc(Cl)cc2Cl)c(Cl)c1OC. The van der Waals surface area contributed by atoms with E-state index in [9.17, 15) is 4.79 Å². The Balaban J connectivity index is 2.16. The molecule has 2 aromatic rings. The van der Waals surface area contributed by atoms with Crippen molar-refractivity contribution in [2.75, 3.05) is 14.2 Å². The van der Waals surface area contributed by atoms with Crippen LogP contribution in [0.2, 0.25) is 15.1 Å². The summed E-state index contributed by atoms with van der Waals surface area (Å²) in [4.78, 5) is 16.7. The summed E-state index contributed by atoms with van der Waals surface area (Å²) >= 11 is 17.9. The van der Waals surface area contributed by atoms with E-state index in [-0.39, 0.29) is 15.6 Å². The van der Waals surface area contributed by atoms with Crippen molar-refractivity contribution in [1.29, 1.82) is 0 Å². The van der Waals surface area contributed by atoms with Gasteiger partial charge in [-0.05, 0) is 30.3 Å². The molecule has 126 valence electrons. The van der Waals surface area contributed by atoms with Gasteiger partial charge in [-0.1, -0.05) is 40.0 Å². The van der Waals surface area contributed by atoms with Crippen LogP contribution in [0.4, 0.5) is 0 Å². The zero-order chi connectivity index (χ0) is 17.7. The molecule has 0 aliphatic carbocycles. The van der Waals surface area contributed by atoms with Gasteiger partial charge >= 0.3 is 5.97 Å². The predicted molar refractivity (Wildman–Crippen MR) is 94.0 cm³/mol. The molecule has 0 radical (unpaired) electrons. The van der Waals surface area contributed by atoms with Crippen molar-refractivity contribution in [3.63, 3.8) is 0 Å². The first-order valence-electron chi connectivity index (χ1n) is 6.58. The molecule has 0 atom stereocenters. The second-order valence-corrected chi connectivity index (χ2v) is 5.66. The lowest BCUT2D eigenvalue weighted by atomic mass is 10.2. The third kappa shape index (κ3) is 4.12. The predicted octanol–water partition coefficient (Wildman–Crippen LogP) is 4.85. The van der Waals surface area contributed by atoms with E-state index in [2.05, 4.69) is 5.16 Å². The Hall–Kier alpha value is -1.95. The molecule has 2 rings (SSSR count). The summed E-state index contributed by atoms with van der Waals surface area (Å²) in [5.41, 5.74) is 0.640. The third-order valence-corrected chi connectivity index (χ3v) is 3.93. The number of nitrogens with zero attached hydrogens (tertiary/aromatic N) is 1. The number of halogens is 3. The average molecular weight is 389 g/mol. The molecule has 0 fully saturated rings. The van der Waals surface area contributed by atoms with Crippen LogP contribution in [0.25, 0.3) is 0 Å². The molecule has 0 heterocycles. The van der Waals surface area contributed by atoms with E-state index in [0.29, 0.717) is 22.1 Å². The number of hydrogen-bond donors (Lipinski definition) is 0. The van der Waals surface area contributed by atoms with Crippen LogP contribution in [0, 0.1) is 0 Å². The summed E-state index contributed by atoms with van der Waals surface area (Å²) in [7, 11) is 2.97. The van der Waals surface area contributed by atoms with Crippen LogP contribution < -0.4 is 9.47 Å². The van der Waals surface area contributed by atoms with Gasteiger partial charge in [-0.2, -0.15) is 0 Å². The lowest BCUT2D eigenvalue weighted by molar-refractivity contribution is 0.0519. The Morgan fingerprint density at radius 3 is 2.46 bits per heavy atom. The maximum Gasteiger partial charge on any atom is 0.367 e. The molecule has 0 bridgehead atoms. The number of ether oxygens (including phenoxy) is 2. The van der Waals surface area contributed by atoms with E-state index in [1.54, 1.807) is 12.1 Å². The van der Waals surface area contributed by atoms with Gasteiger partial charge in [0.05, 0.1) is 36.0 Å². The van der Waals surface area contributed by atoms with E-state index in [4.69, 9.17) is 49.1 Å². The van der Waals surface area contributed by atoms with Crippen LogP contribution in [0.5, 0.6) is 11.5 Å². The largest absolute Gasteiger partial charge is 0.493 e. The minimum Gasteiger partial charge on any atom is -0.493 e. The number of rotatable bonds is 5. The molecule has 0 spiro atoms. The van der Waals surface area contributed by atoms with Gasteiger partial charge in [-0.3, -0.25) is 0 Å². The van der Waals surface area contributed by atoms with E-state index in [1.165, 1.54) is 38.6 Å². The molecular formula is C16H12Cl3NO4. The van der Waals surface area contributed by atoms with Crippen molar-refractivity contribution < 1.29 is 19.1 Å². The highest BCUT2D eigenvalue weighted by atomic mass is 35.5. The van der Waals surface area contributed by atoms with Crippen LogP contribution in [-0.4, -0.2) is 26.4 Å². The van der Waals surface area contributed by atoms with Gasteiger partial charge in [-0.15, -0.1) is 0 Å². The minimum atomic E-state index is -0.718. The Morgan fingerprint density at radius 2 is 1.83 bits per heavy atom. The van der Waals surface area contributed by atoms with Crippen molar-refractivity contribution in [3.05, 3.63) is 56.5 Å². The van der Waals surface area contributed by atoms with E-state index >= 15 is 0 Å². The molecule has 0 saturated carbocycles. The Morgan fingerprint density at radius 1 is 1.08 bits per heavy atom. The second kappa shape index (κ2) is 8.24. The zero-order valence-electron chi connectivity index (χ0n) is 12.7. The molecular weight excluding hydrogens is 377 g/mol. The fourth-order valence-electron chi connectivity index (χ4n) is 1.84. The molecule has 0 aromatic heterocycles. The lowest BCUT2D eigenvalue weighted by Crippen LogP contribution is -2.02. The summed E-state index contributed by atoms with van der Waals surface area (Å²) in [5.74, 6) is 0.115. The van der Waals surface area contributed by atoms with Crippen molar-refractivity contribution in [2.24, 2.45) is 5.16 Å². The highest BCUT2D eigenvalue weighted by molar-refractivity contribution is 6.36. The van der Waals surface area contributed by atoms with Crippen LogP contribution in [0.3, 0.4) is 0 Å². The van der Waals surface area contributed by atoms with Crippen LogP contribution >= 0.6 is 34.8 Å². The molecule has 0 unspecified atom stereocenters. The molecule has 8 heteroatoms. The molecule has 0 aliphatic heterocycles. The standard InChI is InChI=1S/C16H12Cl3NO4/c1-22-13-6-3-9(14(19)15(13)23-2)8-20-24-16(21)11-5-4-10(17)7-12(11)18/h3-8H,1-2H3/b20-8+. The molecule has 24 heavy (non-hydrogen) atoms. The third-order valence-electron chi connectivity index (χ3n) is 2.99. The van der Waals surface area contributed by atoms with E-state index in [1.807, 2.05) is 0 Å². The summed E-state index contributed by atoms with van der Waals surface area (Å²) < 4.78 is 10.3. The summed E-state index contributed by atoms with van der Waals surface area (Å²) in [5, 5.41) is 4.49. The first-order chi connectivity index (χ1) is 11.5. The molecule has 0 N–H and O–H groups in total. The smallest absolute Gasteiger partial charge is 0.367 e. The molecule has 0 saturated heterocycles. The number of methoxy groups -OCH3 is 2. The van der Waals surface area contributed by atoms with Crippen molar-refractivity contribution in [1.82, 2.24) is 0 Å². The molecule has 0 amide bonds. The van der Waals surface area contributed by atoms with E-state index in [0.717, 1.165) is 0 Å². The van der Waals surface area contributed by atoms with Gasteiger partial charge in [0.2, 0.25) is 0 Å². The van der Waals surface area contributed by atoms with Gasteiger partial charge in [0.15, 0.2) is 11.5 Å². The van der Waals surface area contributed by atoms with E-state index < -0.39 is 5.97 Å². The zero-order valence-corrected chi connectivity index (χ0v) is 14.9. The fraction of sp³-hybridized carbons (Fsp3) is 0.125. The highest BCUT2D eigenvalue weighted by Gasteiger charge is 2.14. The van der Waals surface area contributed by atoms with Gasteiger partial charge in [0.1, 0.15) is 0 Å². The lowest BCUT2D eigenvalue weighted by Gasteiger charge is -2.10. The Bertz CT molecular complexity index is 793. The first kappa shape index (κ1) is 18.4. The Labute approximate surface area is 153 Å². The number of carbonyl (C=O) groups excluding carboxylic acids is 1. The van der Waals surface area contributed by atoms with Crippen molar-refractivity contribution >= 4 is 47.0 Å². The topological polar surface area (TPSA) is 57.1 Å². The fourth-order valence-corrected chi connectivity index (χ4v) is 2.61. The number of hydrogen-bond acceptors (Lipinski definition) is 5. The number of benzene rings is 2. The van der Waals surface area contributed by atoms with Crippen molar-refractivity contribution in [3.8, 4) is 11.5 Å². The van der Waals surface area contributed by atoms with Gasteiger partial charge < -0.3 is 14.3 Å². The van der Waals surface area contributed by atoms with Crippen LogP contribution in [-0.2, 0) is 4.84 Å². The van der Waals surface area contributed by atoms with Crippen LogP contribution in [0.15, 0.2) is 35.5 Å². The molecule has 0 aliphatic rings. The van der Waals surface area contributed by atoms with Crippen molar-refractivity contribution in [2.45, 2.75) is 0 Å². The highest BCUT2D eigenvalue weighted by Crippen LogP contribution is 2.36. The summed E-state index contributed by atoms with van der Waals surface area (Å²) in [6, 6.07) is 7.72. The quantitative estimate of drug-likeness (QED) is 0.417. The first-order valence-corrected chi connectivity index (χ1v) is 7.71. The number of oxime groups is 1. The monoisotopic (exact) mass is 387 g/mol. The normalized spacial score (nSPS) is 10.7. The number of carbonyl (C=O) groups is 1. The van der Waals surface area contributed by atoms with Crippen LogP contribution in [0.1, 0.15) is 15.9 Å². The average Bonchev–Trinajstić information content (AvgIpc) is 2.55. The minimum absolute atomic E-state index is 0.150.